The third kappa shape index (κ3) is 5.30. The molecule has 0 bridgehead atoms. The Morgan fingerprint density at radius 3 is 1.50 bits per heavy atom. The van der Waals surface area contributed by atoms with Crippen LogP contribution in [0, 0.1) is 16.7 Å². The van der Waals surface area contributed by atoms with Gasteiger partial charge in [0, 0.05) is 6.61 Å². The molecule has 2 aliphatic rings. The first-order valence-electron chi connectivity index (χ1n) is 7.83. The predicted molar refractivity (Wildman–Crippen MR) is 79.8 cm³/mol. The molecule has 1 nitrogen and oxygen atoms in total. The largest absolute Gasteiger partial charge is 0.378 e. The molecular formula is C17H34O. The van der Waals surface area contributed by atoms with Gasteiger partial charge in [-0.1, -0.05) is 54.4 Å². The second kappa shape index (κ2) is 6.41. The van der Waals surface area contributed by atoms with Crippen LogP contribution in [0.25, 0.3) is 0 Å². The van der Waals surface area contributed by atoms with Crippen molar-refractivity contribution in [1.29, 1.82) is 0 Å². The predicted octanol–water partition coefficient (Wildman–Crippen LogP) is 5.43. The molecule has 18 heavy (non-hydrogen) atoms. The summed E-state index contributed by atoms with van der Waals surface area (Å²) in [5.41, 5.74) is 0.938. The first-order chi connectivity index (χ1) is 8.21. The molecule has 1 aliphatic carbocycles. The van der Waals surface area contributed by atoms with E-state index in [1.165, 1.54) is 38.5 Å². The summed E-state index contributed by atoms with van der Waals surface area (Å²) < 4.78 is 5.52. The molecule has 0 aromatic heterocycles. The first kappa shape index (κ1) is 16.0. The van der Waals surface area contributed by atoms with Gasteiger partial charge in [-0.3, -0.25) is 0 Å². The summed E-state index contributed by atoms with van der Waals surface area (Å²) in [6.07, 6.45) is 8.92. The third-order valence-corrected chi connectivity index (χ3v) is 4.48. The molecule has 1 heterocycles. The van der Waals surface area contributed by atoms with Gasteiger partial charge in [-0.15, -0.1) is 0 Å². The number of ether oxygens (including phenoxy) is 1. The molecule has 108 valence electrons. The van der Waals surface area contributed by atoms with Crippen molar-refractivity contribution in [2.24, 2.45) is 16.7 Å². The molecule has 1 heteroatoms. The summed E-state index contributed by atoms with van der Waals surface area (Å²) >= 11 is 0. The van der Waals surface area contributed by atoms with Gasteiger partial charge in [0.2, 0.25) is 0 Å². The molecule has 2 rings (SSSR count). The van der Waals surface area contributed by atoms with Crippen LogP contribution < -0.4 is 0 Å². The highest BCUT2D eigenvalue weighted by molar-refractivity contribution is 4.78. The van der Waals surface area contributed by atoms with Crippen LogP contribution in [0.15, 0.2) is 0 Å². The molecule has 1 saturated heterocycles. The molecule has 0 aromatic rings. The monoisotopic (exact) mass is 254 g/mol. The van der Waals surface area contributed by atoms with Crippen molar-refractivity contribution < 1.29 is 4.74 Å². The molecular weight excluding hydrogens is 220 g/mol. The lowest BCUT2D eigenvalue weighted by Crippen LogP contribution is -2.24. The Morgan fingerprint density at radius 2 is 1.28 bits per heavy atom. The maximum Gasteiger partial charge on any atom is 0.0624 e. The van der Waals surface area contributed by atoms with Gasteiger partial charge in [-0.25, -0.2) is 0 Å². The van der Waals surface area contributed by atoms with Crippen LogP contribution in [-0.4, -0.2) is 12.7 Å². The molecule has 1 saturated carbocycles. The zero-order chi connectivity index (χ0) is 13.8. The van der Waals surface area contributed by atoms with E-state index in [0.717, 1.165) is 12.5 Å². The van der Waals surface area contributed by atoms with Crippen LogP contribution in [0.1, 0.15) is 80.1 Å². The molecule has 0 amide bonds. The lowest BCUT2D eigenvalue weighted by atomic mass is 9.80. The van der Waals surface area contributed by atoms with E-state index in [0.29, 0.717) is 16.9 Å². The highest BCUT2D eigenvalue weighted by atomic mass is 16.5. The number of rotatable bonds is 0. The van der Waals surface area contributed by atoms with Gasteiger partial charge >= 0.3 is 0 Å². The Balaban J connectivity index is 0.000000180. The Hall–Kier alpha value is -0.0400. The molecule has 2 fully saturated rings. The van der Waals surface area contributed by atoms with Crippen molar-refractivity contribution >= 4 is 0 Å². The summed E-state index contributed by atoms with van der Waals surface area (Å²) in [4.78, 5) is 0. The molecule has 0 spiro atoms. The molecule has 1 unspecified atom stereocenters. The van der Waals surface area contributed by atoms with Gasteiger partial charge in [0.1, 0.15) is 0 Å². The SMILES string of the molecule is CC(C)(C)C1CCCC1.CC(C)(C)C1CCCO1. The van der Waals surface area contributed by atoms with E-state index in [-0.39, 0.29) is 0 Å². The van der Waals surface area contributed by atoms with E-state index in [2.05, 4.69) is 41.5 Å². The van der Waals surface area contributed by atoms with Gasteiger partial charge in [-0.2, -0.15) is 0 Å². The molecule has 1 atom stereocenters. The highest BCUT2D eigenvalue weighted by Crippen LogP contribution is 2.38. The summed E-state index contributed by atoms with van der Waals surface area (Å²) in [5.74, 6) is 1.01. The fraction of sp³-hybridized carbons (Fsp3) is 1.00. The van der Waals surface area contributed by atoms with E-state index < -0.39 is 0 Å². The molecule has 0 radical (unpaired) electrons. The summed E-state index contributed by atoms with van der Waals surface area (Å²) in [7, 11) is 0. The minimum Gasteiger partial charge on any atom is -0.378 e. The van der Waals surface area contributed by atoms with Gasteiger partial charge in [0.25, 0.3) is 0 Å². The summed E-state index contributed by atoms with van der Waals surface area (Å²) in [6, 6.07) is 0. The Bertz CT molecular complexity index is 193. The fourth-order valence-corrected chi connectivity index (χ4v) is 3.05. The van der Waals surface area contributed by atoms with E-state index in [1.54, 1.807) is 0 Å². The summed E-state index contributed by atoms with van der Waals surface area (Å²) in [5, 5.41) is 0. The van der Waals surface area contributed by atoms with Crippen molar-refractivity contribution in [2.75, 3.05) is 6.61 Å². The Kier molecular flexibility index (Phi) is 5.70. The number of hydrogen-bond donors (Lipinski definition) is 0. The molecule has 0 aromatic carbocycles. The van der Waals surface area contributed by atoms with Crippen LogP contribution in [0.2, 0.25) is 0 Å². The molecule has 0 N–H and O–H groups in total. The first-order valence-corrected chi connectivity index (χ1v) is 7.83. The normalized spacial score (nSPS) is 26.0. The smallest absolute Gasteiger partial charge is 0.0624 e. The average molecular weight is 254 g/mol. The van der Waals surface area contributed by atoms with Crippen LogP contribution in [-0.2, 0) is 4.74 Å². The lowest BCUT2D eigenvalue weighted by Gasteiger charge is -2.26. The van der Waals surface area contributed by atoms with E-state index in [1.807, 2.05) is 0 Å². The Morgan fingerprint density at radius 1 is 0.722 bits per heavy atom. The zero-order valence-corrected chi connectivity index (χ0v) is 13.5. The van der Waals surface area contributed by atoms with Crippen LogP contribution in [0.4, 0.5) is 0 Å². The second-order valence-corrected chi connectivity index (χ2v) is 8.22. The van der Waals surface area contributed by atoms with E-state index in [9.17, 15) is 0 Å². The quantitative estimate of drug-likeness (QED) is 0.560. The van der Waals surface area contributed by atoms with Crippen molar-refractivity contribution in [3.63, 3.8) is 0 Å². The Labute approximate surface area is 115 Å². The minimum absolute atomic E-state index is 0.358. The van der Waals surface area contributed by atoms with Gasteiger partial charge in [-0.05, 0) is 42.4 Å². The average Bonchev–Trinajstić information content (AvgIpc) is 2.91. The van der Waals surface area contributed by atoms with Crippen LogP contribution in [0.3, 0.4) is 0 Å². The van der Waals surface area contributed by atoms with Crippen molar-refractivity contribution in [3.05, 3.63) is 0 Å². The van der Waals surface area contributed by atoms with Crippen molar-refractivity contribution in [1.82, 2.24) is 0 Å². The standard InChI is InChI=1S/C9H18.C8H16O/c1-9(2,3)8-6-4-5-7-8;1-8(2,3)7-5-4-6-9-7/h8H,4-7H2,1-3H3;7H,4-6H2,1-3H3. The highest BCUT2D eigenvalue weighted by Gasteiger charge is 2.28. The fourth-order valence-electron chi connectivity index (χ4n) is 3.05. The summed E-state index contributed by atoms with van der Waals surface area (Å²) in [6.45, 7) is 14.8. The van der Waals surface area contributed by atoms with Crippen LogP contribution in [0.5, 0.6) is 0 Å². The second-order valence-electron chi connectivity index (χ2n) is 8.22. The third-order valence-electron chi connectivity index (χ3n) is 4.48. The number of hydrogen-bond acceptors (Lipinski definition) is 1. The van der Waals surface area contributed by atoms with E-state index >= 15 is 0 Å². The topological polar surface area (TPSA) is 9.23 Å². The lowest BCUT2D eigenvalue weighted by molar-refractivity contribution is 0.0290. The maximum atomic E-state index is 5.52. The maximum absolute atomic E-state index is 5.52. The van der Waals surface area contributed by atoms with Gasteiger partial charge in [0.05, 0.1) is 6.10 Å². The zero-order valence-electron chi connectivity index (χ0n) is 13.5. The van der Waals surface area contributed by atoms with Gasteiger partial charge in [0.15, 0.2) is 0 Å². The van der Waals surface area contributed by atoms with Gasteiger partial charge < -0.3 is 4.74 Å². The van der Waals surface area contributed by atoms with E-state index in [4.69, 9.17) is 4.74 Å². The minimum atomic E-state index is 0.358. The molecule has 1 aliphatic heterocycles. The van der Waals surface area contributed by atoms with Crippen LogP contribution >= 0.6 is 0 Å². The van der Waals surface area contributed by atoms with Crippen molar-refractivity contribution in [3.8, 4) is 0 Å². The van der Waals surface area contributed by atoms with Crippen molar-refractivity contribution in [2.45, 2.75) is 86.2 Å².